The molecule has 0 bridgehead atoms. The van der Waals surface area contributed by atoms with E-state index in [4.69, 9.17) is 35.9 Å². The zero-order chi connectivity index (χ0) is 32.8. The lowest BCUT2D eigenvalue weighted by atomic mass is 9.94. The molecule has 0 radical (unpaired) electrons. The Kier molecular flexibility index (Phi) is 11.2. The van der Waals surface area contributed by atoms with Gasteiger partial charge in [-0.15, -0.1) is 5.10 Å². The molecule has 1 aliphatic rings. The van der Waals surface area contributed by atoms with E-state index < -0.39 is 6.04 Å². The minimum Gasteiger partial charge on any atom is -0.493 e. The van der Waals surface area contributed by atoms with Gasteiger partial charge in [0.2, 0.25) is 11.1 Å². The Morgan fingerprint density at radius 2 is 1.89 bits per heavy atom. The summed E-state index contributed by atoms with van der Waals surface area (Å²) >= 11 is 11.6. The van der Waals surface area contributed by atoms with Crippen LogP contribution in [0.1, 0.15) is 51.3 Å². The van der Waals surface area contributed by atoms with Gasteiger partial charge in [-0.1, -0.05) is 67.5 Å². The van der Waals surface area contributed by atoms with E-state index in [2.05, 4.69) is 40.4 Å². The zero-order valence-corrected chi connectivity index (χ0v) is 29.6. The van der Waals surface area contributed by atoms with Crippen LogP contribution in [0.2, 0.25) is 5.02 Å². The molecule has 1 aliphatic heterocycles. The van der Waals surface area contributed by atoms with Crippen LogP contribution in [-0.2, 0) is 10.5 Å². The number of amides is 1. The van der Waals surface area contributed by atoms with E-state index in [0.717, 1.165) is 17.5 Å². The van der Waals surface area contributed by atoms with Crippen molar-refractivity contribution < 1.29 is 19.0 Å². The maximum Gasteiger partial charge on any atom is 0.255 e. The van der Waals surface area contributed by atoms with Gasteiger partial charge in [0, 0.05) is 16.5 Å². The van der Waals surface area contributed by atoms with Crippen LogP contribution in [-0.4, -0.2) is 41.0 Å². The second-order valence-electron chi connectivity index (χ2n) is 11.1. The Bertz CT molecular complexity index is 1740. The van der Waals surface area contributed by atoms with Gasteiger partial charge in [0.15, 0.2) is 11.5 Å². The van der Waals surface area contributed by atoms with E-state index in [9.17, 15) is 4.79 Å². The van der Waals surface area contributed by atoms with Crippen molar-refractivity contribution in [2.45, 2.75) is 51.1 Å². The van der Waals surface area contributed by atoms with Crippen molar-refractivity contribution in [1.82, 2.24) is 14.8 Å². The van der Waals surface area contributed by atoms with E-state index in [1.165, 1.54) is 11.8 Å². The van der Waals surface area contributed by atoms with Gasteiger partial charge in [-0.2, -0.15) is 4.98 Å². The molecule has 0 aliphatic carbocycles. The molecule has 0 saturated heterocycles. The first-order valence-corrected chi connectivity index (χ1v) is 17.2. The number of ether oxygens (including phenoxy) is 3. The molecule has 1 aromatic heterocycles. The number of rotatable bonds is 13. The predicted molar refractivity (Wildman–Crippen MR) is 187 cm³/mol. The van der Waals surface area contributed by atoms with Gasteiger partial charge in [0.05, 0.1) is 36.1 Å². The monoisotopic (exact) mass is 725 g/mol. The van der Waals surface area contributed by atoms with Gasteiger partial charge in [-0.05, 0) is 83.6 Å². The molecule has 242 valence electrons. The molecule has 4 aromatic rings. The number of aromatic nitrogens is 3. The van der Waals surface area contributed by atoms with Crippen molar-refractivity contribution in [2.75, 3.05) is 31.0 Å². The first-order chi connectivity index (χ1) is 22.2. The minimum atomic E-state index is -0.646. The number of methoxy groups -OCH3 is 1. The highest BCUT2D eigenvalue weighted by molar-refractivity contribution is 9.10. The van der Waals surface area contributed by atoms with Crippen LogP contribution >= 0.6 is 39.3 Å². The largest absolute Gasteiger partial charge is 0.493 e. The molecule has 0 fully saturated rings. The molecule has 3 aromatic carbocycles. The van der Waals surface area contributed by atoms with Crippen LogP contribution in [0.5, 0.6) is 17.2 Å². The lowest BCUT2D eigenvalue weighted by Crippen LogP contribution is -2.31. The number of carbonyl (C=O) groups is 1. The molecule has 1 atom stereocenters. The third-order valence-electron chi connectivity index (χ3n) is 7.34. The van der Waals surface area contributed by atoms with Gasteiger partial charge in [0.1, 0.15) is 11.8 Å². The van der Waals surface area contributed by atoms with Crippen molar-refractivity contribution >= 4 is 56.8 Å². The van der Waals surface area contributed by atoms with E-state index in [1.54, 1.807) is 11.8 Å². The Balaban J connectivity index is 1.55. The van der Waals surface area contributed by atoms with Crippen LogP contribution in [0.3, 0.4) is 0 Å². The third kappa shape index (κ3) is 7.65. The number of para-hydroxylation sites is 2. The smallest absolute Gasteiger partial charge is 0.255 e. The molecule has 0 spiro atoms. The van der Waals surface area contributed by atoms with E-state index in [1.807, 2.05) is 74.5 Å². The maximum atomic E-state index is 14.2. The Labute approximate surface area is 287 Å². The van der Waals surface area contributed by atoms with Crippen molar-refractivity contribution in [3.05, 3.63) is 92.6 Å². The summed E-state index contributed by atoms with van der Waals surface area (Å²) in [7, 11) is 1.60. The number of carbonyl (C=O) groups excluding carboxylic acids is 1. The van der Waals surface area contributed by atoms with Gasteiger partial charge in [0.25, 0.3) is 5.91 Å². The van der Waals surface area contributed by atoms with Crippen LogP contribution in [0.4, 0.5) is 11.6 Å². The van der Waals surface area contributed by atoms with Gasteiger partial charge in [-0.25, -0.2) is 4.68 Å². The molecule has 46 heavy (non-hydrogen) atoms. The number of nitrogens with zero attached hydrogens (tertiary/aromatic N) is 3. The summed E-state index contributed by atoms with van der Waals surface area (Å²) in [4.78, 5) is 19.0. The van der Waals surface area contributed by atoms with Crippen LogP contribution < -0.4 is 24.8 Å². The number of allylic oxidation sites excluding steroid dienone is 1. The molecule has 2 heterocycles. The molecule has 5 rings (SSSR count). The summed E-state index contributed by atoms with van der Waals surface area (Å²) in [5, 5.41) is 12.5. The molecule has 1 amide bonds. The standard InChI is InChI=1S/C34H37BrClN5O4S/c1-6-44-27-14-10-9-13-26(27)38-32(42)29-21(4)37-33-39-34(46-19-22-11-7-8-12-25(22)36)40-41(33)30(29)23-17-24(35)31(28(18-23)43-5)45-16-15-20(2)3/h7-14,17-18,20,30H,6,15-16,19H2,1-5H3,(H,38,42)(H,37,39,40). The number of fused-ring (bicyclic) bond motifs is 1. The van der Waals surface area contributed by atoms with Crippen molar-refractivity contribution in [2.24, 2.45) is 5.92 Å². The van der Waals surface area contributed by atoms with E-state index in [0.29, 0.717) is 79.7 Å². The number of halogens is 2. The highest BCUT2D eigenvalue weighted by Gasteiger charge is 2.36. The number of anilines is 2. The number of thioether (sulfide) groups is 1. The molecular weight excluding hydrogens is 690 g/mol. The summed E-state index contributed by atoms with van der Waals surface area (Å²) < 4.78 is 20.2. The summed E-state index contributed by atoms with van der Waals surface area (Å²) in [6.07, 6.45) is 0.901. The fourth-order valence-corrected chi connectivity index (χ4v) is 6.72. The van der Waals surface area contributed by atoms with Crippen molar-refractivity contribution in [3.63, 3.8) is 0 Å². The second-order valence-corrected chi connectivity index (χ2v) is 13.3. The second kappa shape index (κ2) is 15.3. The summed E-state index contributed by atoms with van der Waals surface area (Å²) in [5.74, 6) is 3.03. The average molecular weight is 727 g/mol. The lowest BCUT2D eigenvalue weighted by molar-refractivity contribution is -0.113. The van der Waals surface area contributed by atoms with Gasteiger partial charge >= 0.3 is 0 Å². The predicted octanol–water partition coefficient (Wildman–Crippen LogP) is 8.75. The topological polar surface area (TPSA) is 99.5 Å². The van der Waals surface area contributed by atoms with Crippen molar-refractivity contribution in [1.29, 1.82) is 0 Å². The summed E-state index contributed by atoms with van der Waals surface area (Å²) in [5.41, 5.74) is 3.43. The number of hydrogen-bond donors (Lipinski definition) is 2. The highest BCUT2D eigenvalue weighted by Crippen LogP contribution is 2.44. The highest BCUT2D eigenvalue weighted by atomic mass is 79.9. The number of hydrogen-bond acceptors (Lipinski definition) is 8. The summed E-state index contributed by atoms with van der Waals surface area (Å²) in [6, 6.07) is 18.3. The number of nitrogens with one attached hydrogen (secondary N) is 2. The molecule has 12 heteroatoms. The Hall–Kier alpha value is -3.67. The fourth-order valence-electron chi connectivity index (χ4n) is 5.03. The quantitative estimate of drug-likeness (QED) is 0.132. The molecule has 0 saturated carbocycles. The van der Waals surface area contributed by atoms with Crippen LogP contribution in [0.25, 0.3) is 0 Å². The molecule has 2 N–H and O–H groups in total. The zero-order valence-electron chi connectivity index (χ0n) is 26.4. The van der Waals surface area contributed by atoms with Crippen LogP contribution in [0.15, 0.2) is 81.6 Å². The van der Waals surface area contributed by atoms with E-state index in [-0.39, 0.29) is 5.91 Å². The van der Waals surface area contributed by atoms with Gasteiger partial charge < -0.3 is 24.8 Å². The number of benzene rings is 3. The normalized spacial score (nSPS) is 14.1. The fraction of sp³-hybridized carbons (Fsp3) is 0.324. The molecule has 1 unspecified atom stereocenters. The lowest BCUT2D eigenvalue weighted by Gasteiger charge is -2.29. The molecular formula is C34H37BrClN5O4S. The summed E-state index contributed by atoms with van der Waals surface area (Å²) in [6.45, 7) is 9.09. The Morgan fingerprint density at radius 3 is 2.63 bits per heavy atom. The van der Waals surface area contributed by atoms with Gasteiger partial charge in [-0.3, -0.25) is 4.79 Å². The van der Waals surface area contributed by atoms with Crippen LogP contribution in [0, 0.1) is 5.92 Å². The third-order valence-corrected chi connectivity index (χ3v) is 9.18. The Morgan fingerprint density at radius 1 is 1.13 bits per heavy atom. The first kappa shape index (κ1) is 33.7. The van der Waals surface area contributed by atoms with Crippen molar-refractivity contribution in [3.8, 4) is 17.2 Å². The molecule has 9 nitrogen and oxygen atoms in total. The maximum absolute atomic E-state index is 14.2. The SMILES string of the molecule is CCOc1ccccc1NC(=O)C1=C(C)Nc2nc(SCc3ccccc3Cl)nn2C1c1cc(Br)c(OCCC(C)C)c(OC)c1. The minimum absolute atomic E-state index is 0.305. The van der Waals surface area contributed by atoms with E-state index >= 15 is 0 Å². The first-order valence-electron chi connectivity index (χ1n) is 15.0. The average Bonchev–Trinajstić information content (AvgIpc) is 3.43.